The highest BCUT2D eigenvalue weighted by Gasteiger charge is 2.25. The monoisotopic (exact) mass is 459 g/mol. The molecule has 34 heavy (non-hydrogen) atoms. The summed E-state index contributed by atoms with van der Waals surface area (Å²) in [6.45, 7) is 5.81. The third kappa shape index (κ3) is 7.09. The lowest BCUT2D eigenvalue weighted by atomic mass is 10.00. The van der Waals surface area contributed by atoms with Crippen molar-refractivity contribution in [1.29, 1.82) is 0 Å². The normalized spacial score (nSPS) is 16.7. The molecule has 0 bridgehead atoms. The molecule has 1 aliphatic carbocycles. The van der Waals surface area contributed by atoms with E-state index in [-0.39, 0.29) is 12.7 Å². The van der Waals surface area contributed by atoms with E-state index in [9.17, 15) is 5.11 Å². The Balaban J connectivity index is 1.47. The van der Waals surface area contributed by atoms with Gasteiger partial charge in [-0.25, -0.2) is 0 Å². The number of ether oxygens (including phenoxy) is 2. The van der Waals surface area contributed by atoms with E-state index >= 15 is 0 Å². The van der Waals surface area contributed by atoms with Gasteiger partial charge in [-0.15, -0.1) is 0 Å². The largest absolute Gasteiger partial charge is 0.491 e. The molecule has 0 saturated carbocycles. The molecular weight excluding hydrogens is 422 g/mol. The van der Waals surface area contributed by atoms with Crippen LogP contribution in [0.4, 0.5) is 0 Å². The van der Waals surface area contributed by atoms with Crippen molar-refractivity contribution in [1.82, 2.24) is 4.90 Å². The summed E-state index contributed by atoms with van der Waals surface area (Å²) in [5.41, 5.74) is 4.06. The summed E-state index contributed by atoms with van der Waals surface area (Å²) < 4.78 is 11.8. The first-order valence-electron chi connectivity index (χ1n) is 12.5. The standard InChI is InChI=1S/C30H37NO3/c1-23(2)34-30-17-16-26-18-27(13-9-12-25(26)19-30)31(20-24-10-5-3-6-11-24)21-28(32)22-33-29-14-7-4-8-15-29/h3-8,10-11,14-17,19,23,27-28,32H,9,12-13,18,20-22H2,1-2H3. The van der Waals surface area contributed by atoms with Crippen LogP contribution in [0, 0.1) is 0 Å². The van der Waals surface area contributed by atoms with Crippen LogP contribution in [0.2, 0.25) is 0 Å². The van der Waals surface area contributed by atoms with Gasteiger partial charge in [0.1, 0.15) is 24.2 Å². The van der Waals surface area contributed by atoms with Gasteiger partial charge >= 0.3 is 0 Å². The van der Waals surface area contributed by atoms with Crippen LogP contribution in [0.5, 0.6) is 11.5 Å². The molecule has 2 atom stereocenters. The SMILES string of the molecule is CC(C)Oc1ccc2c(c1)CCCC(N(Cc1ccccc1)CC(O)COc1ccccc1)C2. The van der Waals surface area contributed by atoms with Crippen molar-refractivity contribution in [2.24, 2.45) is 0 Å². The van der Waals surface area contributed by atoms with E-state index in [4.69, 9.17) is 9.47 Å². The zero-order chi connectivity index (χ0) is 23.8. The Labute approximate surface area is 204 Å². The van der Waals surface area contributed by atoms with Crippen molar-refractivity contribution in [3.63, 3.8) is 0 Å². The number of para-hydroxylation sites is 1. The summed E-state index contributed by atoms with van der Waals surface area (Å²) in [6, 6.07) is 27.2. The lowest BCUT2D eigenvalue weighted by Crippen LogP contribution is -2.42. The van der Waals surface area contributed by atoms with Gasteiger partial charge in [0.05, 0.1) is 6.10 Å². The van der Waals surface area contributed by atoms with Gasteiger partial charge in [-0.1, -0.05) is 54.6 Å². The van der Waals surface area contributed by atoms with Gasteiger partial charge in [0, 0.05) is 19.1 Å². The van der Waals surface area contributed by atoms with Gasteiger partial charge < -0.3 is 14.6 Å². The van der Waals surface area contributed by atoms with E-state index < -0.39 is 6.10 Å². The van der Waals surface area contributed by atoms with Gasteiger partial charge in [-0.05, 0) is 80.5 Å². The third-order valence-electron chi connectivity index (χ3n) is 6.36. The highest BCUT2D eigenvalue weighted by molar-refractivity contribution is 5.37. The number of hydrogen-bond acceptors (Lipinski definition) is 4. The number of aryl methyl sites for hydroxylation is 1. The Morgan fingerprint density at radius 1 is 0.912 bits per heavy atom. The quantitative estimate of drug-likeness (QED) is 0.397. The minimum atomic E-state index is -0.562. The second-order valence-corrected chi connectivity index (χ2v) is 9.54. The zero-order valence-corrected chi connectivity index (χ0v) is 20.4. The van der Waals surface area contributed by atoms with Crippen molar-refractivity contribution >= 4 is 0 Å². The van der Waals surface area contributed by atoms with Gasteiger partial charge in [0.2, 0.25) is 0 Å². The molecule has 0 fully saturated rings. The molecule has 180 valence electrons. The number of hydrogen-bond donors (Lipinski definition) is 1. The lowest BCUT2D eigenvalue weighted by Gasteiger charge is -2.33. The Morgan fingerprint density at radius 3 is 2.38 bits per heavy atom. The molecule has 0 aliphatic heterocycles. The van der Waals surface area contributed by atoms with E-state index in [1.54, 1.807) is 0 Å². The van der Waals surface area contributed by atoms with Crippen molar-refractivity contribution in [2.45, 2.75) is 64.3 Å². The summed E-state index contributed by atoms with van der Waals surface area (Å²) in [6.07, 6.45) is 3.90. The molecule has 4 rings (SSSR count). The smallest absolute Gasteiger partial charge is 0.119 e. The molecule has 0 saturated heterocycles. The molecule has 3 aromatic carbocycles. The third-order valence-corrected chi connectivity index (χ3v) is 6.36. The van der Waals surface area contributed by atoms with Crippen LogP contribution in [-0.2, 0) is 19.4 Å². The predicted octanol–water partition coefficient (Wildman–Crippen LogP) is 5.66. The molecule has 4 nitrogen and oxygen atoms in total. The number of fused-ring (bicyclic) bond motifs is 1. The first-order chi connectivity index (χ1) is 16.6. The molecule has 4 heteroatoms. The Kier molecular flexibility index (Phi) is 8.62. The van der Waals surface area contributed by atoms with Gasteiger partial charge in [-0.2, -0.15) is 0 Å². The maximum absolute atomic E-state index is 10.9. The molecule has 3 aromatic rings. The Bertz CT molecular complexity index is 1010. The van der Waals surface area contributed by atoms with Crippen LogP contribution in [0.1, 0.15) is 43.4 Å². The maximum Gasteiger partial charge on any atom is 0.119 e. The van der Waals surface area contributed by atoms with E-state index in [0.717, 1.165) is 43.7 Å². The summed E-state index contributed by atoms with van der Waals surface area (Å²) in [4.78, 5) is 2.45. The molecule has 2 unspecified atom stereocenters. The van der Waals surface area contributed by atoms with E-state index in [1.807, 2.05) is 30.3 Å². The predicted molar refractivity (Wildman–Crippen MR) is 137 cm³/mol. The van der Waals surface area contributed by atoms with E-state index in [2.05, 4.69) is 67.3 Å². The number of benzene rings is 3. The fourth-order valence-corrected chi connectivity index (χ4v) is 4.77. The number of aliphatic hydroxyl groups is 1. The topological polar surface area (TPSA) is 41.9 Å². The molecule has 1 aliphatic rings. The maximum atomic E-state index is 10.9. The first-order valence-corrected chi connectivity index (χ1v) is 12.5. The van der Waals surface area contributed by atoms with E-state index in [1.165, 1.54) is 16.7 Å². The number of rotatable bonds is 10. The summed E-state index contributed by atoms with van der Waals surface area (Å²) in [7, 11) is 0. The van der Waals surface area contributed by atoms with Crippen LogP contribution >= 0.6 is 0 Å². The molecule has 0 heterocycles. The highest BCUT2D eigenvalue weighted by atomic mass is 16.5. The Morgan fingerprint density at radius 2 is 1.65 bits per heavy atom. The van der Waals surface area contributed by atoms with Crippen LogP contribution < -0.4 is 9.47 Å². The summed E-state index contributed by atoms with van der Waals surface area (Å²) in [5.74, 6) is 1.75. The van der Waals surface area contributed by atoms with Crippen molar-refractivity contribution < 1.29 is 14.6 Å². The average molecular weight is 460 g/mol. The summed E-state index contributed by atoms with van der Waals surface area (Å²) >= 11 is 0. The minimum absolute atomic E-state index is 0.178. The van der Waals surface area contributed by atoms with Crippen LogP contribution in [0.25, 0.3) is 0 Å². The molecule has 0 spiro atoms. The second kappa shape index (κ2) is 12.0. The lowest BCUT2D eigenvalue weighted by molar-refractivity contribution is 0.0463. The number of nitrogens with zero attached hydrogens (tertiary/aromatic N) is 1. The van der Waals surface area contributed by atoms with Crippen LogP contribution in [0.15, 0.2) is 78.9 Å². The van der Waals surface area contributed by atoms with Gasteiger partial charge in [-0.3, -0.25) is 4.90 Å². The average Bonchev–Trinajstić information content (AvgIpc) is 3.05. The fourth-order valence-electron chi connectivity index (χ4n) is 4.77. The van der Waals surface area contributed by atoms with Crippen LogP contribution in [0.3, 0.4) is 0 Å². The van der Waals surface area contributed by atoms with Crippen molar-refractivity contribution in [3.05, 3.63) is 95.6 Å². The molecule has 0 aromatic heterocycles. The van der Waals surface area contributed by atoms with Crippen molar-refractivity contribution in [3.8, 4) is 11.5 Å². The second-order valence-electron chi connectivity index (χ2n) is 9.54. The van der Waals surface area contributed by atoms with E-state index in [0.29, 0.717) is 12.6 Å². The molecule has 0 amide bonds. The molecule has 0 radical (unpaired) electrons. The fraction of sp³-hybridized carbons (Fsp3) is 0.400. The van der Waals surface area contributed by atoms with Gasteiger partial charge in [0.25, 0.3) is 0 Å². The highest BCUT2D eigenvalue weighted by Crippen LogP contribution is 2.28. The minimum Gasteiger partial charge on any atom is -0.491 e. The Hall–Kier alpha value is -2.82. The van der Waals surface area contributed by atoms with Crippen LogP contribution in [-0.4, -0.2) is 41.4 Å². The molecular formula is C30H37NO3. The van der Waals surface area contributed by atoms with Gasteiger partial charge in [0.15, 0.2) is 0 Å². The number of aliphatic hydroxyl groups excluding tert-OH is 1. The first kappa shape index (κ1) is 24.3. The molecule has 1 N–H and O–H groups in total. The zero-order valence-electron chi connectivity index (χ0n) is 20.4. The summed E-state index contributed by atoms with van der Waals surface area (Å²) in [5, 5.41) is 10.9. The van der Waals surface area contributed by atoms with Crippen molar-refractivity contribution in [2.75, 3.05) is 13.2 Å².